The third-order valence-electron chi connectivity index (χ3n) is 4.64. The van der Waals surface area contributed by atoms with Crippen LogP contribution in [0.1, 0.15) is 13.8 Å². The predicted octanol–water partition coefficient (Wildman–Crippen LogP) is 5.78. The third kappa shape index (κ3) is 4.06. The maximum atomic E-state index is 12.2. The number of fused-ring (bicyclic) bond motifs is 1. The van der Waals surface area contributed by atoms with Gasteiger partial charge in [-0.2, -0.15) is 0 Å². The minimum atomic E-state index is -0.384. The number of hydrogen-bond donors (Lipinski definition) is 0. The summed E-state index contributed by atoms with van der Waals surface area (Å²) in [4.78, 5) is 21.3. The van der Waals surface area contributed by atoms with Crippen molar-refractivity contribution in [1.29, 1.82) is 0 Å². The first-order valence-electron chi connectivity index (χ1n) is 9.59. The summed E-state index contributed by atoms with van der Waals surface area (Å²) < 4.78 is 7.19. The molecule has 0 fully saturated rings. The molecule has 30 heavy (non-hydrogen) atoms. The molecule has 4 rings (SSSR count). The van der Waals surface area contributed by atoms with Crippen LogP contribution in [0, 0.1) is 0 Å². The van der Waals surface area contributed by atoms with Crippen LogP contribution in [0.4, 0.5) is 0 Å². The van der Waals surface area contributed by atoms with Gasteiger partial charge in [0.1, 0.15) is 22.3 Å². The number of rotatable bonds is 6. The van der Waals surface area contributed by atoms with Gasteiger partial charge in [-0.3, -0.25) is 4.79 Å². The largest absolute Gasteiger partial charge is 0.465 e. The normalized spacial score (nSPS) is 12.1. The molecule has 0 aliphatic rings. The fourth-order valence-electron chi connectivity index (χ4n) is 3.23. The maximum Gasteiger partial charge on any atom is 0.319 e. The van der Waals surface area contributed by atoms with Gasteiger partial charge in [0, 0.05) is 22.5 Å². The van der Waals surface area contributed by atoms with Crippen molar-refractivity contribution in [3.63, 3.8) is 0 Å². The number of nitrogens with zero attached hydrogens (tertiary/aromatic N) is 3. The molecule has 0 unspecified atom stereocenters. The molecule has 4 aromatic rings. The van der Waals surface area contributed by atoms with Crippen LogP contribution in [0.25, 0.3) is 27.8 Å². The van der Waals surface area contributed by atoms with E-state index in [1.807, 2.05) is 54.0 Å². The molecule has 0 spiro atoms. The SMILES string of the molecule is CCOC(=O)[C@H](C)Sc1ncnc2c1c(-c1ccccc1)cn2-c1ccc(Cl)cc1. The lowest BCUT2D eigenvalue weighted by molar-refractivity contribution is -0.142. The number of benzene rings is 2. The molecule has 5 nitrogen and oxygen atoms in total. The Hall–Kier alpha value is -2.83. The highest BCUT2D eigenvalue weighted by Gasteiger charge is 2.22. The molecule has 2 aromatic carbocycles. The van der Waals surface area contributed by atoms with Gasteiger partial charge in [0.25, 0.3) is 0 Å². The van der Waals surface area contributed by atoms with E-state index in [0.717, 1.165) is 32.9 Å². The molecule has 7 heteroatoms. The average molecular weight is 438 g/mol. The van der Waals surface area contributed by atoms with Gasteiger partial charge in [-0.15, -0.1) is 0 Å². The predicted molar refractivity (Wildman–Crippen MR) is 121 cm³/mol. The van der Waals surface area contributed by atoms with E-state index in [0.29, 0.717) is 11.6 Å². The zero-order valence-corrected chi connectivity index (χ0v) is 18.2. The van der Waals surface area contributed by atoms with Crippen LogP contribution in [0.2, 0.25) is 5.02 Å². The maximum absolute atomic E-state index is 12.2. The number of thioether (sulfide) groups is 1. The summed E-state index contributed by atoms with van der Waals surface area (Å²) in [5.74, 6) is -0.257. The molecule has 0 amide bonds. The van der Waals surface area contributed by atoms with Crippen LogP contribution in [0.3, 0.4) is 0 Å². The second kappa shape index (κ2) is 8.90. The first-order valence-corrected chi connectivity index (χ1v) is 10.8. The van der Waals surface area contributed by atoms with Crippen LogP contribution in [-0.4, -0.2) is 32.4 Å². The van der Waals surface area contributed by atoms with E-state index >= 15 is 0 Å². The molecule has 0 N–H and O–H groups in total. The number of carbonyl (C=O) groups excluding carboxylic acids is 1. The highest BCUT2D eigenvalue weighted by atomic mass is 35.5. The monoisotopic (exact) mass is 437 g/mol. The van der Waals surface area contributed by atoms with Gasteiger partial charge in [-0.25, -0.2) is 9.97 Å². The Labute approximate surface area is 184 Å². The molecule has 0 aliphatic heterocycles. The zero-order valence-electron chi connectivity index (χ0n) is 16.6. The van der Waals surface area contributed by atoms with E-state index in [9.17, 15) is 4.79 Å². The highest BCUT2D eigenvalue weighted by Crippen LogP contribution is 2.38. The zero-order chi connectivity index (χ0) is 21.1. The Balaban J connectivity index is 1.89. The van der Waals surface area contributed by atoms with Crippen LogP contribution in [0.5, 0.6) is 0 Å². The Morgan fingerprint density at radius 2 is 1.87 bits per heavy atom. The quantitative estimate of drug-likeness (QED) is 0.217. The van der Waals surface area contributed by atoms with Crippen molar-refractivity contribution in [3.8, 4) is 16.8 Å². The standard InChI is InChI=1S/C23H20ClN3O2S/c1-3-29-23(28)15(2)30-22-20-19(16-7-5-4-6-8-16)13-27(21(20)25-14-26-22)18-11-9-17(24)10-12-18/h4-15H,3H2,1-2H3/t15-/m0/s1. The summed E-state index contributed by atoms with van der Waals surface area (Å²) in [7, 11) is 0. The van der Waals surface area contributed by atoms with Crippen LogP contribution < -0.4 is 0 Å². The molecule has 0 saturated carbocycles. The molecule has 0 bridgehead atoms. The molecule has 2 aromatic heterocycles. The Kier molecular flexibility index (Phi) is 6.06. The van der Waals surface area contributed by atoms with E-state index < -0.39 is 0 Å². The van der Waals surface area contributed by atoms with E-state index in [1.54, 1.807) is 6.92 Å². The van der Waals surface area contributed by atoms with E-state index in [1.165, 1.54) is 18.1 Å². The smallest absolute Gasteiger partial charge is 0.319 e. The number of hydrogen-bond acceptors (Lipinski definition) is 5. The third-order valence-corrected chi connectivity index (χ3v) is 5.98. The number of carbonyl (C=O) groups is 1. The number of esters is 1. The number of ether oxygens (including phenoxy) is 1. The molecular formula is C23H20ClN3O2S. The molecule has 152 valence electrons. The lowest BCUT2D eigenvalue weighted by atomic mass is 10.1. The summed E-state index contributed by atoms with van der Waals surface area (Å²) >= 11 is 7.46. The van der Waals surface area contributed by atoms with Crippen molar-refractivity contribution in [2.75, 3.05) is 6.61 Å². The average Bonchev–Trinajstić information content (AvgIpc) is 3.16. The van der Waals surface area contributed by atoms with Crippen LogP contribution >= 0.6 is 23.4 Å². The molecule has 1 atom stereocenters. The van der Waals surface area contributed by atoms with E-state index in [4.69, 9.17) is 16.3 Å². The lowest BCUT2D eigenvalue weighted by Gasteiger charge is -2.11. The molecule has 0 saturated heterocycles. The van der Waals surface area contributed by atoms with Gasteiger partial charge < -0.3 is 9.30 Å². The van der Waals surface area contributed by atoms with Crippen molar-refractivity contribution in [3.05, 3.63) is 72.1 Å². The lowest BCUT2D eigenvalue weighted by Crippen LogP contribution is -2.16. The Morgan fingerprint density at radius 3 is 2.57 bits per heavy atom. The minimum Gasteiger partial charge on any atom is -0.465 e. The minimum absolute atomic E-state index is 0.257. The van der Waals surface area contributed by atoms with Gasteiger partial charge in [-0.1, -0.05) is 53.7 Å². The second-order valence-electron chi connectivity index (χ2n) is 6.64. The summed E-state index contributed by atoms with van der Waals surface area (Å²) in [5, 5.41) is 1.94. The van der Waals surface area contributed by atoms with Crippen molar-refractivity contribution in [2.24, 2.45) is 0 Å². The van der Waals surface area contributed by atoms with Crippen LogP contribution in [-0.2, 0) is 9.53 Å². The summed E-state index contributed by atoms with van der Waals surface area (Å²) in [5.41, 5.74) is 3.76. The molecule has 2 heterocycles. The molecule has 0 radical (unpaired) electrons. The summed E-state index contributed by atoms with van der Waals surface area (Å²) in [6, 6.07) is 17.7. The van der Waals surface area contributed by atoms with E-state index in [2.05, 4.69) is 28.3 Å². The molecular weight excluding hydrogens is 418 g/mol. The van der Waals surface area contributed by atoms with E-state index in [-0.39, 0.29) is 11.2 Å². The van der Waals surface area contributed by atoms with Crippen molar-refractivity contribution >= 4 is 40.4 Å². The van der Waals surface area contributed by atoms with Gasteiger partial charge in [0.2, 0.25) is 0 Å². The van der Waals surface area contributed by atoms with Gasteiger partial charge in [-0.05, 0) is 43.7 Å². The fraction of sp³-hybridized carbons (Fsp3) is 0.174. The van der Waals surface area contributed by atoms with Gasteiger partial charge in [0.15, 0.2) is 0 Å². The number of aromatic nitrogens is 3. The molecule has 0 aliphatic carbocycles. The summed E-state index contributed by atoms with van der Waals surface area (Å²) in [6.07, 6.45) is 3.58. The van der Waals surface area contributed by atoms with Gasteiger partial charge in [0.05, 0.1) is 12.0 Å². The Morgan fingerprint density at radius 1 is 1.13 bits per heavy atom. The highest BCUT2D eigenvalue weighted by molar-refractivity contribution is 8.00. The first-order chi connectivity index (χ1) is 14.6. The van der Waals surface area contributed by atoms with Crippen molar-refractivity contribution in [1.82, 2.24) is 14.5 Å². The first kappa shape index (κ1) is 20.4. The fourth-order valence-corrected chi connectivity index (χ4v) is 4.29. The summed E-state index contributed by atoms with van der Waals surface area (Å²) in [6.45, 7) is 3.98. The number of halogens is 1. The van der Waals surface area contributed by atoms with Crippen molar-refractivity contribution in [2.45, 2.75) is 24.1 Å². The van der Waals surface area contributed by atoms with Gasteiger partial charge >= 0.3 is 5.97 Å². The second-order valence-corrected chi connectivity index (χ2v) is 8.41. The topological polar surface area (TPSA) is 57.0 Å². The Bertz CT molecular complexity index is 1180. The van der Waals surface area contributed by atoms with Crippen LogP contribution in [0.15, 0.2) is 72.1 Å². The van der Waals surface area contributed by atoms with Crippen molar-refractivity contribution < 1.29 is 9.53 Å².